The van der Waals surface area contributed by atoms with Gasteiger partial charge in [-0.3, -0.25) is 4.79 Å². The number of nitrogens with zero attached hydrogens (tertiary/aromatic N) is 1. The van der Waals surface area contributed by atoms with Crippen molar-refractivity contribution >= 4 is 11.9 Å². The Labute approximate surface area is 189 Å². The summed E-state index contributed by atoms with van der Waals surface area (Å²) in [7, 11) is 3.79. The van der Waals surface area contributed by atoms with Gasteiger partial charge < -0.3 is 20.6 Å². The minimum absolute atomic E-state index is 0.0160. The average Bonchev–Trinajstić information content (AvgIpc) is 2.69. The fourth-order valence-electron chi connectivity index (χ4n) is 4.55. The van der Waals surface area contributed by atoms with Crippen molar-refractivity contribution in [2.24, 2.45) is 17.3 Å². The van der Waals surface area contributed by atoms with Crippen molar-refractivity contribution in [2.45, 2.75) is 91.8 Å². The van der Waals surface area contributed by atoms with E-state index in [2.05, 4.69) is 51.8 Å². The molecule has 0 aliphatic heterocycles. The van der Waals surface area contributed by atoms with E-state index >= 15 is 0 Å². The summed E-state index contributed by atoms with van der Waals surface area (Å²) in [6.07, 6.45) is 7.54. The average molecular weight is 436 g/mol. The number of likely N-dealkylation sites (N-methyl/N-ethyl adjacent to an activating group) is 2. The number of carboxylic acid groups (broad SMARTS) is 1. The topological polar surface area (TPSA) is 81.7 Å². The van der Waals surface area contributed by atoms with E-state index in [-0.39, 0.29) is 35.4 Å². The van der Waals surface area contributed by atoms with Gasteiger partial charge in [-0.05, 0) is 44.1 Å². The minimum atomic E-state index is -0.922. The highest BCUT2D eigenvalue weighted by molar-refractivity contribution is 5.86. The van der Waals surface area contributed by atoms with E-state index in [9.17, 15) is 14.7 Å². The second-order valence-electron chi connectivity index (χ2n) is 10.5. The molecule has 1 aliphatic rings. The highest BCUT2D eigenvalue weighted by Crippen LogP contribution is 2.30. The van der Waals surface area contributed by atoms with E-state index in [0.717, 1.165) is 18.5 Å². The van der Waals surface area contributed by atoms with Crippen molar-refractivity contribution < 1.29 is 14.7 Å². The molecule has 3 atom stereocenters. The minimum Gasteiger partial charge on any atom is -0.478 e. The zero-order chi connectivity index (χ0) is 23.9. The zero-order valence-electron chi connectivity index (χ0n) is 20.9. The van der Waals surface area contributed by atoms with Crippen molar-refractivity contribution in [3.05, 3.63) is 23.9 Å². The number of hydrogen-bond donors (Lipinski definition) is 3. The molecular formula is C25H45N3O3. The van der Waals surface area contributed by atoms with Crippen molar-refractivity contribution in [3.8, 4) is 0 Å². The monoisotopic (exact) mass is 435 g/mol. The van der Waals surface area contributed by atoms with Crippen LogP contribution in [0.4, 0.5) is 0 Å². The second kappa shape index (κ2) is 11.7. The Morgan fingerprint density at radius 1 is 1.16 bits per heavy atom. The fraction of sp³-hybridized carbons (Fsp3) is 0.760. The van der Waals surface area contributed by atoms with Crippen LogP contribution in [0.15, 0.2) is 23.9 Å². The van der Waals surface area contributed by atoms with Crippen molar-refractivity contribution in [1.82, 2.24) is 15.5 Å². The largest absolute Gasteiger partial charge is 0.478 e. The van der Waals surface area contributed by atoms with Gasteiger partial charge in [0.15, 0.2) is 0 Å². The Bertz CT molecular complexity index is 657. The maximum Gasteiger partial charge on any atom is 0.331 e. The number of carbonyl (C=O) groups excluding carboxylic acids is 1. The van der Waals surface area contributed by atoms with Crippen molar-refractivity contribution in [2.75, 3.05) is 14.1 Å². The van der Waals surface area contributed by atoms with Crippen LogP contribution in [0.3, 0.4) is 0 Å². The predicted molar refractivity (Wildman–Crippen MR) is 128 cm³/mol. The Kier molecular flexibility index (Phi) is 10.3. The molecule has 31 heavy (non-hydrogen) atoms. The Balaban J connectivity index is 3.11. The number of hydrogen-bond acceptors (Lipinski definition) is 4. The Morgan fingerprint density at radius 3 is 2.13 bits per heavy atom. The van der Waals surface area contributed by atoms with Crippen LogP contribution in [-0.2, 0) is 9.59 Å². The van der Waals surface area contributed by atoms with Crippen LogP contribution in [-0.4, -0.2) is 54.1 Å². The van der Waals surface area contributed by atoms with E-state index in [1.165, 1.54) is 19.3 Å². The molecule has 0 radical (unpaired) electrons. The molecule has 0 aromatic heterocycles. The van der Waals surface area contributed by atoms with Crippen LogP contribution in [0, 0.1) is 17.3 Å². The number of amides is 1. The van der Waals surface area contributed by atoms with Crippen LogP contribution >= 0.6 is 0 Å². The van der Waals surface area contributed by atoms with Gasteiger partial charge in [-0.1, -0.05) is 66.5 Å². The molecule has 0 spiro atoms. The lowest BCUT2D eigenvalue weighted by atomic mass is 9.81. The lowest BCUT2D eigenvalue weighted by Crippen LogP contribution is -2.56. The SMILES string of the molecule is C=C(C(NC(=O)C(NC)C1CCCCC1)C(C)(C)C)N(C)C(/C=C(\C)C(=O)O)C(C)C. The molecule has 0 aromatic carbocycles. The first-order valence-corrected chi connectivity index (χ1v) is 11.6. The smallest absolute Gasteiger partial charge is 0.331 e. The molecule has 6 heteroatoms. The van der Waals surface area contributed by atoms with E-state index in [1.807, 2.05) is 19.0 Å². The Morgan fingerprint density at radius 2 is 1.71 bits per heavy atom. The molecule has 0 bridgehead atoms. The molecule has 1 saturated carbocycles. The molecule has 1 rings (SSSR count). The quantitative estimate of drug-likeness (QED) is 0.448. The highest BCUT2D eigenvalue weighted by Gasteiger charge is 2.36. The normalized spacial score (nSPS) is 18.9. The fourth-order valence-corrected chi connectivity index (χ4v) is 4.55. The van der Waals surface area contributed by atoms with Gasteiger partial charge in [-0.25, -0.2) is 4.79 Å². The van der Waals surface area contributed by atoms with Crippen LogP contribution in [0.1, 0.15) is 73.6 Å². The number of rotatable bonds is 10. The second-order valence-corrected chi connectivity index (χ2v) is 10.5. The van der Waals surface area contributed by atoms with Gasteiger partial charge in [0, 0.05) is 24.4 Å². The molecule has 6 nitrogen and oxygen atoms in total. The first kappa shape index (κ1) is 27.2. The lowest BCUT2D eigenvalue weighted by Gasteiger charge is -2.42. The van der Waals surface area contributed by atoms with Gasteiger partial charge in [0.05, 0.1) is 12.1 Å². The highest BCUT2D eigenvalue weighted by atomic mass is 16.4. The molecule has 1 amide bonds. The molecule has 3 N–H and O–H groups in total. The number of aliphatic carboxylic acids is 1. The van der Waals surface area contributed by atoms with E-state index in [0.29, 0.717) is 11.5 Å². The van der Waals surface area contributed by atoms with E-state index < -0.39 is 5.97 Å². The summed E-state index contributed by atoms with van der Waals surface area (Å²) in [4.78, 5) is 26.7. The third kappa shape index (κ3) is 7.67. The molecule has 0 aromatic rings. The molecule has 178 valence electrons. The third-order valence-corrected chi connectivity index (χ3v) is 6.54. The van der Waals surface area contributed by atoms with Crippen LogP contribution < -0.4 is 10.6 Å². The molecule has 0 saturated heterocycles. The van der Waals surface area contributed by atoms with Crippen LogP contribution in [0.5, 0.6) is 0 Å². The number of carboxylic acids is 1. The summed E-state index contributed by atoms with van der Waals surface area (Å²) >= 11 is 0. The van der Waals surface area contributed by atoms with Gasteiger partial charge in [-0.15, -0.1) is 0 Å². The van der Waals surface area contributed by atoms with Crippen LogP contribution in [0.2, 0.25) is 0 Å². The predicted octanol–water partition coefficient (Wildman–Crippen LogP) is 4.19. The van der Waals surface area contributed by atoms with Gasteiger partial charge in [0.2, 0.25) is 5.91 Å². The number of nitrogens with one attached hydrogen (secondary N) is 2. The first-order chi connectivity index (χ1) is 14.3. The summed E-state index contributed by atoms with van der Waals surface area (Å²) in [5, 5.41) is 15.9. The van der Waals surface area contributed by atoms with Crippen molar-refractivity contribution in [1.29, 1.82) is 0 Å². The third-order valence-electron chi connectivity index (χ3n) is 6.54. The van der Waals surface area contributed by atoms with Gasteiger partial charge in [0.1, 0.15) is 0 Å². The van der Waals surface area contributed by atoms with Crippen LogP contribution in [0.25, 0.3) is 0 Å². The van der Waals surface area contributed by atoms with E-state index in [4.69, 9.17) is 0 Å². The van der Waals surface area contributed by atoms with Gasteiger partial charge >= 0.3 is 5.97 Å². The molecule has 0 heterocycles. The standard InChI is InChI=1S/C25H45N3O3/c1-16(2)20(15-17(3)24(30)31)28(9)18(4)22(25(5,6)7)27-23(29)21(26-8)19-13-11-10-12-14-19/h15-16,19-22,26H,4,10-14H2,1-3,5-9H3,(H,27,29)(H,30,31)/b17-15+. The maximum atomic E-state index is 13.3. The molecular weight excluding hydrogens is 390 g/mol. The molecule has 1 fully saturated rings. The Hall–Kier alpha value is -1.82. The molecule has 1 aliphatic carbocycles. The zero-order valence-corrected chi connectivity index (χ0v) is 20.9. The lowest BCUT2D eigenvalue weighted by molar-refractivity contribution is -0.132. The summed E-state index contributed by atoms with van der Waals surface area (Å²) < 4.78 is 0. The van der Waals surface area contributed by atoms with Crippen molar-refractivity contribution in [3.63, 3.8) is 0 Å². The summed E-state index contributed by atoms with van der Waals surface area (Å²) in [6.45, 7) is 16.3. The first-order valence-electron chi connectivity index (χ1n) is 11.6. The number of carbonyl (C=O) groups is 2. The molecule has 3 unspecified atom stereocenters. The maximum absolute atomic E-state index is 13.3. The summed E-state index contributed by atoms with van der Waals surface area (Å²) in [5.41, 5.74) is 0.841. The van der Waals surface area contributed by atoms with Gasteiger partial charge in [0.25, 0.3) is 0 Å². The summed E-state index contributed by atoms with van der Waals surface area (Å²) in [5.74, 6) is -0.369. The summed E-state index contributed by atoms with van der Waals surface area (Å²) in [6, 6.07) is -0.619. The van der Waals surface area contributed by atoms with E-state index in [1.54, 1.807) is 13.0 Å². The van der Waals surface area contributed by atoms with Gasteiger partial charge in [-0.2, -0.15) is 0 Å².